The summed E-state index contributed by atoms with van der Waals surface area (Å²) in [6.45, 7) is 7.29. The van der Waals surface area contributed by atoms with Gasteiger partial charge in [0, 0.05) is 31.2 Å². The molecule has 1 unspecified atom stereocenters. The lowest BCUT2D eigenvalue weighted by atomic mass is 9.90. The highest BCUT2D eigenvalue weighted by atomic mass is 15.3. The van der Waals surface area contributed by atoms with Crippen molar-refractivity contribution in [1.29, 1.82) is 0 Å². The number of fused-ring (bicyclic) bond motifs is 3. The molecule has 3 aliphatic rings. The molecule has 2 heteroatoms. The van der Waals surface area contributed by atoms with E-state index in [1.54, 1.807) is 0 Å². The summed E-state index contributed by atoms with van der Waals surface area (Å²) in [6, 6.07) is 2.49. The molecule has 76 valence electrons. The second-order valence-corrected chi connectivity index (χ2v) is 4.78. The van der Waals surface area contributed by atoms with Crippen LogP contribution >= 0.6 is 0 Å². The summed E-state index contributed by atoms with van der Waals surface area (Å²) in [5, 5.41) is 0. The van der Waals surface area contributed by atoms with Crippen LogP contribution in [0.5, 0.6) is 0 Å². The number of nitrogens with zero attached hydrogens (tertiary/aromatic N) is 2. The zero-order valence-electron chi connectivity index (χ0n) is 9.16. The average molecular weight is 182 g/mol. The normalized spacial score (nSPS) is 38.1. The Bertz CT molecular complexity index is 181. The first-order valence-electron chi connectivity index (χ1n) is 5.68. The van der Waals surface area contributed by atoms with Gasteiger partial charge in [-0.25, -0.2) is 0 Å². The molecule has 2 nitrogen and oxygen atoms in total. The highest BCUT2D eigenvalue weighted by Gasteiger charge is 2.38. The van der Waals surface area contributed by atoms with E-state index in [2.05, 4.69) is 30.7 Å². The van der Waals surface area contributed by atoms with Gasteiger partial charge in [0.1, 0.15) is 0 Å². The first kappa shape index (κ1) is 9.47. The van der Waals surface area contributed by atoms with E-state index in [0.717, 1.165) is 18.1 Å². The number of likely N-dealkylation sites (N-methyl/N-ethyl adjacent to an activating group) is 1. The summed E-state index contributed by atoms with van der Waals surface area (Å²) in [5.74, 6) is 0. The molecule has 0 aromatic rings. The summed E-state index contributed by atoms with van der Waals surface area (Å²) in [6.07, 6.45) is 4.15. The second kappa shape index (κ2) is 3.58. The zero-order valence-corrected chi connectivity index (χ0v) is 9.16. The maximum Gasteiger partial charge on any atom is 0.0227 e. The molecule has 0 spiro atoms. The lowest BCUT2D eigenvalue weighted by Gasteiger charge is -2.52. The highest BCUT2D eigenvalue weighted by Crippen LogP contribution is 2.29. The van der Waals surface area contributed by atoms with Crippen LogP contribution in [0.2, 0.25) is 0 Å². The number of rotatable bonds is 2. The molecule has 0 aromatic heterocycles. The zero-order chi connectivity index (χ0) is 9.42. The molecule has 3 aliphatic heterocycles. The fourth-order valence-corrected chi connectivity index (χ4v) is 2.85. The predicted octanol–water partition coefficient (Wildman–Crippen LogP) is 1.56. The molecule has 3 fully saturated rings. The third kappa shape index (κ3) is 1.62. The minimum absolute atomic E-state index is 0.793. The van der Waals surface area contributed by atoms with Crippen LogP contribution in [0.15, 0.2) is 0 Å². The molecule has 0 amide bonds. The number of piperazine rings is 1. The quantitative estimate of drug-likeness (QED) is 0.639. The van der Waals surface area contributed by atoms with Crippen molar-refractivity contribution in [2.24, 2.45) is 0 Å². The van der Waals surface area contributed by atoms with Crippen LogP contribution in [-0.2, 0) is 0 Å². The van der Waals surface area contributed by atoms with Crippen molar-refractivity contribution in [3.8, 4) is 0 Å². The van der Waals surface area contributed by atoms with E-state index < -0.39 is 0 Å². The molecule has 0 aromatic carbocycles. The van der Waals surface area contributed by atoms with E-state index in [1.165, 1.54) is 32.4 Å². The van der Waals surface area contributed by atoms with E-state index >= 15 is 0 Å². The molecule has 3 atom stereocenters. The summed E-state index contributed by atoms with van der Waals surface area (Å²) in [4.78, 5) is 5.28. The van der Waals surface area contributed by atoms with Crippen molar-refractivity contribution in [3.05, 3.63) is 0 Å². The highest BCUT2D eigenvalue weighted by molar-refractivity contribution is 4.95. The average Bonchev–Trinajstić information content (AvgIpc) is 2.17. The van der Waals surface area contributed by atoms with Crippen LogP contribution in [0.1, 0.15) is 33.1 Å². The minimum atomic E-state index is 0.793. The SMILES string of the molecule is CCC(C)N1C[C@H]2CC[C@@H]1CN2C. The summed E-state index contributed by atoms with van der Waals surface area (Å²) < 4.78 is 0. The van der Waals surface area contributed by atoms with Crippen LogP contribution in [-0.4, -0.2) is 48.1 Å². The Morgan fingerprint density at radius 1 is 1.23 bits per heavy atom. The maximum absolute atomic E-state index is 2.73. The Labute approximate surface area is 81.9 Å². The fourth-order valence-electron chi connectivity index (χ4n) is 2.85. The first-order valence-corrected chi connectivity index (χ1v) is 5.68. The summed E-state index contributed by atoms with van der Waals surface area (Å²) >= 11 is 0. The van der Waals surface area contributed by atoms with Crippen molar-refractivity contribution in [2.45, 2.75) is 51.2 Å². The van der Waals surface area contributed by atoms with Crippen LogP contribution in [0.4, 0.5) is 0 Å². The van der Waals surface area contributed by atoms with Gasteiger partial charge in [0.2, 0.25) is 0 Å². The van der Waals surface area contributed by atoms with Gasteiger partial charge in [-0.1, -0.05) is 6.92 Å². The number of hydrogen-bond donors (Lipinski definition) is 0. The van der Waals surface area contributed by atoms with Gasteiger partial charge in [0.05, 0.1) is 0 Å². The van der Waals surface area contributed by atoms with E-state index in [0.29, 0.717) is 0 Å². The van der Waals surface area contributed by atoms with Crippen molar-refractivity contribution in [2.75, 3.05) is 20.1 Å². The second-order valence-electron chi connectivity index (χ2n) is 4.78. The molecule has 0 radical (unpaired) electrons. The van der Waals surface area contributed by atoms with Crippen LogP contribution in [0.25, 0.3) is 0 Å². The number of hydrogen-bond acceptors (Lipinski definition) is 2. The molecule has 3 heterocycles. The molecule has 3 saturated heterocycles. The van der Waals surface area contributed by atoms with Gasteiger partial charge in [-0.05, 0) is 33.2 Å². The summed E-state index contributed by atoms with van der Waals surface area (Å²) in [5.41, 5.74) is 0. The topological polar surface area (TPSA) is 6.48 Å². The Hall–Kier alpha value is -0.0800. The van der Waals surface area contributed by atoms with Crippen LogP contribution < -0.4 is 0 Å². The predicted molar refractivity (Wildman–Crippen MR) is 55.9 cm³/mol. The lowest BCUT2D eigenvalue weighted by molar-refractivity contribution is -0.0277. The van der Waals surface area contributed by atoms with Crippen molar-refractivity contribution in [1.82, 2.24) is 9.80 Å². The monoisotopic (exact) mass is 182 g/mol. The standard InChI is InChI=1S/C11H22N2/c1-4-9(2)13-8-10-5-6-11(13)7-12(10)3/h9-11H,4-8H2,1-3H3/t9?,10-,11-/m1/s1. The van der Waals surface area contributed by atoms with Gasteiger partial charge in [-0.2, -0.15) is 0 Å². The molecule has 0 N–H and O–H groups in total. The van der Waals surface area contributed by atoms with Gasteiger partial charge in [0.15, 0.2) is 0 Å². The number of piperidine rings is 2. The largest absolute Gasteiger partial charge is 0.301 e. The Morgan fingerprint density at radius 3 is 2.38 bits per heavy atom. The van der Waals surface area contributed by atoms with E-state index in [-0.39, 0.29) is 0 Å². The van der Waals surface area contributed by atoms with Gasteiger partial charge in [-0.3, -0.25) is 4.90 Å². The molecule has 13 heavy (non-hydrogen) atoms. The molecule has 3 rings (SSSR count). The van der Waals surface area contributed by atoms with Gasteiger partial charge >= 0.3 is 0 Å². The maximum atomic E-state index is 2.73. The van der Waals surface area contributed by atoms with Crippen LogP contribution in [0.3, 0.4) is 0 Å². The minimum Gasteiger partial charge on any atom is -0.301 e. The van der Waals surface area contributed by atoms with Gasteiger partial charge < -0.3 is 4.90 Å². The Morgan fingerprint density at radius 2 is 1.92 bits per heavy atom. The third-order valence-electron chi connectivity index (χ3n) is 4.00. The van der Waals surface area contributed by atoms with E-state index in [1.807, 2.05) is 0 Å². The molecule has 0 aliphatic carbocycles. The molecule has 2 bridgehead atoms. The molecule has 0 saturated carbocycles. The van der Waals surface area contributed by atoms with Gasteiger partial charge in [-0.15, -0.1) is 0 Å². The molecular formula is C11H22N2. The van der Waals surface area contributed by atoms with Crippen molar-refractivity contribution >= 4 is 0 Å². The smallest absolute Gasteiger partial charge is 0.0227 e. The summed E-state index contributed by atoms with van der Waals surface area (Å²) in [7, 11) is 2.28. The van der Waals surface area contributed by atoms with E-state index in [4.69, 9.17) is 0 Å². The first-order chi connectivity index (χ1) is 6.22. The van der Waals surface area contributed by atoms with Crippen molar-refractivity contribution in [3.63, 3.8) is 0 Å². The van der Waals surface area contributed by atoms with Crippen molar-refractivity contribution < 1.29 is 0 Å². The Kier molecular flexibility index (Phi) is 2.61. The van der Waals surface area contributed by atoms with Gasteiger partial charge in [0.25, 0.3) is 0 Å². The fraction of sp³-hybridized carbons (Fsp3) is 1.00. The molecular weight excluding hydrogens is 160 g/mol. The third-order valence-corrected chi connectivity index (χ3v) is 4.00. The Balaban J connectivity index is 2.02. The van der Waals surface area contributed by atoms with Crippen LogP contribution in [0, 0.1) is 0 Å². The lowest BCUT2D eigenvalue weighted by Crippen LogP contribution is -2.63. The van der Waals surface area contributed by atoms with E-state index in [9.17, 15) is 0 Å².